The van der Waals surface area contributed by atoms with Gasteiger partial charge in [0.1, 0.15) is 5.75 Å². The van der Waals surface area contributed by atoms with Gasteiger partial charge >= 0.3 is 0 Å². The van der Waals surface area contributed by atoms with Gasteiger partial charge in [0.25, 0.3) is 0 Å². The quantitative estimate of drug-likeness (QED) is 0.500. The minimum absolute atomic E-state index is 0.139. The molecule has 1 aliphatic heterocycles. The Balaban J connectivity index is 1.54. The molecule has 0 amide bonds. The van der Waals surface area contributed by atoms with Gasteiger partial charge in [-0.3, -0.25) is 9.69 Å². The first-order valence-electron chi connectivity index (χ1n) is 10.7. The third-order valence-corrected chi connectivity index (χ3v) is 5.84. The Bertz CT molecular complexity index is 1060. The van der Waals surface area contributed by atoms with Crippen LogP contribution in [0.3, 0.4) is 0 Å². The molecule has 1 aliphatic rings. The van der Waals surface area contributed by atoms with Crippen molar-refractivity contribution in [1.29, 1.82) is 5.26 Å². The van der Waals surface area contributed by atoms with Crippen molar-refractivity contribution in [3.05, 3.63) is 65.9 Å². The van der Waals surface area contributed by atoms with Crippen molar-refractivity contribution in [2.75, 3.05) is 19.7 Å². The summed E-state index contributed by atoms with van der Waals surface area (Å²) in [6.07, 6.45) is 4.50. The number of carbonyl (C=O) groups is 1. The highest BCUT2D eigenvalue weighted by molar-refractivity contribution is 6.09. The van der Waals surface area contributed by atoms with Gasteiger partial charge < -0.3 is 9.30 Å². The predicted octanol–water partition coefficient (Wildman–Crippen LogP) is 4.97. The molecule has 5 heteroatoms. The number of likely N-dealkylation sites (tertiary alicyclic amines) is 1. The van der Waals surface area contributed by atoms with Crippen LogP contribution in [0.5, 0.6) is 5.75 Å². The third-order valence-electron chi connectivity index (χ3n) is 5.84. The SMILES string of the molecule is CCOc1ccc(C2CCCN2CC(=O)c2cn(CCC#N)c3ccccc23)cc1. The highest BCUT2D eigenvalue weighted by atomic mass is 16.5. The summed E-state index contributed by atoms with van der Waals surface area (Å²) < 4.78 is 7.58. The van der Waals surface area contributed by atoms with E-state index in [-0.39, 0.29) is 11.8 Å². The number of fused-ring (bicyclic) bond motifs is 1. The Morgan fingerprint density at radius 2 is 2.00 bits per heavy atom. The van der Waals surface area contributed by atoms with Crippen LogP contribution >= 0.6 is 0 Å². The maximum Gasteiger partial charge on any atom is 0.178 e. The Hall–Kier alpha value is -3.10. The van der Waals surface area contributed by atoms with E-state index < -0.39 is 0 Å². The summed E-state index contributed by atoms with van der Waals surface area (Å²) in [6, 6.07) is 18.7. The first-order chi connectivity index (χ1) is 14.7. The summed E-state index contributed by atoms with van der Waals surface area (Å²) in [5.74, 6) is 1.02. The van der Waals surface area contributed by atoms with Crippen molar-refractivity contribution in [3.63, 3.8) is 0 Å². The number of ether oxygens (including phenoxy) is 1. The number of rotatable bonds is 8. The number of para-hydroxylation sites is 1. The first kappa shape index (κ1) is 20.2. The van der Waals surface area contributed by atoms with E-state index in [9.17, 15) is 4.79 Å². The zero-order chi connectivity index (χ0) is 20.9. The number of hydrogen-bond donors (Lipinski definition) is 0. The summed E-state index contributed by atoms with van der Waals surface area (Å²) in [4.78, 5) is 15.6. The lowest BCUT2D eigenvalue weighted by Gasteiger charge is -2.24. The number of Topliss-reactive ketones (excluding diaryl/α,β-unsaturated/α-hetero) is 1. The fraction of sp³-hybridized carbons (Fsp3) is 0.360. The van der Waals surface area contributed by atoms with Gasteiger partial charge in [-0.05, 0) is 50.1 Å². The van der Waals surface area contributed by atoms with E-state index in [0.29, 0.717) is 26.1 Å². The van der Waals surface area contributed by atoms with Gasteiger partial charge in [-0.2, -0.15) is 5.26 Å². The number of aromatic nitrogens is 1. The van der Waals surface area contributed by atoms with E-state index in [1.807, 2.05) is 54.1 Å². The molecule has 154 valence electrons. The second-order valence-corrected chi connectivity index (χ2v) is 7.72. The molecule has 30 heavy (non-hydrogen) atoms. The number of hydrogen-bond acceptors (Lipinski definition) is 4. The van der Waals surface area contributed by atoms with Crippen LogP contribution in [0.1, 0.15) is 48.1 Å². The molecule has 1 atom stereocenters. The fourth-order valence-electron chi connectivity index (χ4n) is 4.44. The molecule has 4 rings (SSSR count). The minimum atomic E-state index is 0.139. The van der Waals surface area contributed by atoms with Crippen LogP contribution in [0, 0.1) is 11.3 Å². The maximum absolute atomic E-state index is 13.3. The molecule has 1 saturated heterocycles. The Labute approximate surface area is 177 Å². The Morgan fingerprint density at radius 3 is 2.77 bits per heavy atom. The zero-order valence-electron chi connectivity index (χ0n) is 17.4. The normalized spacial score (nSPS) is 16.6. The second-order valence-electron chi connectivity index (χ2n) is 7.72. The average molecular weight is 402 g/mol. The van der Waals surface area contributed by atoms with Gasteiger partial charge in [-0.25, -0.2) is 0 Å². The van der Waals surface area contributed by atoms with Crippen molar-refractivity contribution in [2.45, 2.75) is 38.8 Å². The number of benzene rings is 2. The zero-order valence-corrected chi connectivity index (χ0v) is 17.4. The molecule has 0 aliphatic carbocycles. The van der Waals surface area contributed by atoms with Gasteiger partial charge in [-0.1, -0.05) is 30.3 Å². The van der Waals surface area contributed by atoms with E-state index in [0.717, 1.165) is 41.6 Å². The monoisotopic (exact) mass is 401 g/mol. The van der Waals surface area contributed by atoms with E-state index in [1.165, 1.54) is 5.56 Å². The number of nitriles is 1. The van der Waals surface area contributed by atoms with E-state index >= 15 is 0 Å². The Kier molecular flexibility index (Phi) is 6.15. The van der Waals surface area contributed by atoms with Crippen LogP contribution in [0.4, 0.5) is 0 Å². The van der Waals surface area contributed by atoms with Crippen LogP contribution in [0.15, 0.2) is 54.7 Å². The highest BCUT2D eigenvalue weighted by Crippen LogP contribution is 2.33. The number of aryl methyl sites for hydroxylation is 1. The van der Waals surface area contributed by atoms with Gasteiger partial charge in [0, 0.05) is 35.2 Å². The van der Waals surface area contributed by atoms with Crippen molar-refractivity contribution >= 4 is 16.7 Å². The predicted molar refractivity (Wildman–Crippen MR) is 118 cm³/mol. The lowest BCUT2D eigenvalue weighted by atomic mass is 10.0. The van der Waals surface area contributed by atoms with E-state index in [2.05, 4.69) is 23.1 Å². The molecule has 0 radical (unpaired) electrons. The highest BCUT2D eigenvalue weighted by Gasteiger charge is 2.28. The topological polar surface area (TPSA) is 58.3 Å². The smallest absolute Gasteiger partial charge is 0.178 e. The molecular weight excluding hydrogens is 374 g/mol. The molecule has 0 saturated carbocycles. The van der Waals surface area contributed by atoms with Gasteiger partial charge in [-0.15, -0.1) is 0 Å². The number of carbonyl (C=O) groups excluding carboxylic acids is 1. The summed E-state index contributed by atoms with van der Waals surface area (Å²) in [7, 11) is 0. The van der Waals surface area contributed by atoms with Crippen LogP contribution in [-0.2, 0) is 6.54 Å². The van der Waals surface area contributed by atoms with Crippen LogP contribution < -0.4 is 4.74 Å². The van der Waals surface area contributed by atoms with Crippen LogP contribution in [0.25, 0.3) is 10.9 Å². The van der Waals surface area contributed by atoms with Crippen molar-refractivity contribution < 1.29 is 9.53 Å². The summed E-state index contributed by atoms with van der Waals surface area (Å²) >= 11 is 0. The molecular formula is C25H27N3O2. The molecule has 3 aromatic rings. The number of nitrogens with zero attached hydrogens (tertiary/aromatic N) is 3. The lowest BCUT2D eigenvalue weighted by Crippen LogP contribution is -2.29. The van der Waals surface area contributed by atoms with Crippen LogP contribution in [-0.4, -0.2) is 34.9 Å². The Morgan fingerprint density at radius 1 is 1.20 bits per heavy atom. The largest absolute Gasteiger partial charge is 0.494 e. The first-order valence-corrected chi connectivity index (χ1v) is 10.7. The average Bonchev–Trinajstić information content (AvgIpc) is 3.38. The molecule has 1 aromatic heterocycles. The molecule has 1 unspecified atom stereocenters. The lowest BCUT2D eigenvalue weighted by molar-refractivity contribution is 0.0923. The molecule has 5 nitrogen and oxygen atoms in total. The third kappa shape index (κ3) is 4.10. The molecule has 0 bridgehead atoms. The number of ketones is 1. The van der Waals surface area contributed by atoms with Crippen molar-refractivity contribution in [3.8, 4) is 11.8 Å². The molecule has 0 N–H and O–H groups in total. The van der Waals surface area contributed by atoms with Gasteiger partial charge in [0.15, 0.2) is 5.78 Å². The molecule has 1 fully saturated rings. The fourth-order valence-corrected chi connectivity index (χ4v) is 4.44. The van der Waals surface area contributed by atoms with Gasteiger partial charge in [0.2, 0.25) is 0 Å². The van der Waals surface area contributed by atoms with Crippen LogP contribution in [0.2, 0.25) is 0 Å². The molecule has 2 heterocycles. The summed E-state index contributed by atoms with van der Waals surface area (Å²) in [5, 5.41) is 9.91. The van der Waals surface area contributed by atoms with Crippen molar-refractivity contribution in [2.24, 2.45) is 0 Å². The van der Waals surface area contributed by atoms with E-state index in [4.69, 9.17) is 10.00 Å². The molecule has 0 spiro atoms. The van der Waals surface area contributed by atoms with Crippen molar-refractivity contribution in [1.82, 2.24) is 9.47 Å². The maximum atomic E-state index is 13.3. The minimum Gasteiger partial charge on any atom is -0.494 e. The standard InChI is InChI=1S/C25H27N3O2/c1-2-30-20-12-10-19(11-13-20)23-9-5-15-28(23)18-25(29)22-17-27(16-6-14-26)24-8-4-3-7-21(22)24/h3-4,7-8,10-13,17,23H,2,5-6,9,15-16,18H2,1H3. The summed E-state index contributed by atoms with van der Waals surface area (Å²) in [6.45, 7) is 4.57. The molecule has 2 aromatic carbocycles. The van der Waals surface area contributed by atoms with Gasteiger partial charge in [0.05, 0.1) is 25.6 Å². The second kappa shape index (κ2) is 9.15. The van der Waals surface area contributed by atoms with E-state index in [1.54, 1.807) is 0 Å². The summed E-state index contributed by atoms with van der Waals surface area (Å²) in [5.41, 5.74) is 3.00.